The van der Waals surface area contributed by atoms with Gasteiger partial charge in [0.1, 0.15) is 11.3 Å². The molecule has 2 atom stereocenters. The lowest BCUT2D eigenvalue weighted by molar-refractivity contribution is 0.00848. The average Bonchev–Trinajstić information content (AvgIpc) is 2.78. The van der Waals surface area contributed by atoms with E-state index in [-0.39, 0.29) is 0 Å². The summed E-state index contributed by atoms with van der Waals surface area (Å²) in [5.74, 6) is 1.40. The predicted molar refractivity (Wildman–Crippen MR) is 83.5 cm³/mol. The highest BCUT2D eigenvalue weighted by Crippen LogP contribution is 2.41. The molecule has 0 spiro atoms. The van der Waals surface area contributed by atoms with E-state index >= 15 is 0 Å². The van der Waals surface area contributed by atoms with E-state index in [0.717, 1.165) is 44.5 Å². The summed E-state index contributed by atoms with van der Waals surface area (Å²) >= 11 is 0. The lowest BCUT2D eigenvalue weighted by Crippen LogP contribution is -2.31. The fourth-order valence-corrected chi connectivity index (χ4v) is 3.19. The fourth-order valence-electron chi connectivity index (χ4n) is 3.19. The molecule has 21 heavy (non-hydrogen) atoms. The van der Waals surface area contributed by atoms with E-state index in [9.17, 15) is 5.11 Å². The summed E-state index contributed by atoms with van der Waals surface area (Å²) in [4.78, 5) is 2.12. The molecule has 2 unspecified atom stereocenters. The molecule has 1 aromatic rings. The second kappa shape index (κ2) is 6.79. The van der Waals surface area contributed by atoms with Crippen molar-refractivity contribution in [2.75, 3.05) is 27.7 Å². The van der Waals surface area contributed by atoms with E-state index in [1.807, 2.05) is 18.8 Å². The van der Waals surface area contributed by atoms with E-state index in [1.165, 1.54) is 6.42 Å². The van der Waals surface area contributed by atoms with E-state index in [0.29, 0.717) is 11.7 Å². The van der Waals surface area contributed by atoms with Gasteiger partial charge in [-0.2, -0.15) is 5.10 Å². The van der Waals surface area contributed by atoms with Crippen molar-refractivity contribution in [3.05, 3.63) is 11.9 Å². The molecule has 1 aliphatic rings. The maximum Gasteiger partial charge on any atom is 0.162 e. The first-order valence-electron chi connectivity index (χ1n) is 7.93. The Morgan fingerprint density at radius 3 is 2.86 bits per heavy atom. The number of hydrogen-bond donors (Lipinski definition) is 1. The van der Waals surface area contributed by atoms with Crippen LogP contribution in [0.5, 0.6) is 5.75 Å². The third-order valence-electron chi connectivity index (χ3n) is 4.56. The molecule has 1 fully saturated rings. The van der Waals surface area contributed by atoms with Gasteiger partial charge in [0.2, 0.25) is 0 Å². The molecule has 0 saturated heterocycles. The van der Waals surface area contributed by atoms with Gasteiger partial charge in [-0.25, -0.2) is 0 Å². The number of likely N-dealkylation sites (N-methyl/N-ethyl adjacent to an activating group) is 1. The molecular formula is C16H29N3O2. The van der Waals surface area contributed by atoms with Crippen LogP contribution in [-0.2, 0) is 12.1 Å². The van der Waals surface area contributed by atoms with Crippen LogP contribution < -0.4 is 4.74 Å². The van der Waals surface area contributed by atoms with Gasteiger partial charge in [-0.3, -0.25) is 4.68 Å². The zero-order valence-corrected chi connectivity index (χ0v) is 13.8. The van der Waals surface area contributed by atoms with Crippen molar-refractivity contribution in [2.24, 2.45) is 5.92 Å². The molecule has 1 N–H and O–H groups in total. The Hall–Kier alpha value is -1.07. The second-order valence-electron chi connectivity index (χ2n) is 6.66. The van der Waals surface area contributed by atoms with Gasteiger partial charge in [0.05, 0.1) is 19.9 Å². The zero-order valence-electron chi connectivity index (χ0n) is 13.8. The molecule has 5 nitrogen and oxygen atoms in total. The molecule has 0 aliphatic heterocycles. The lowest BCUT2D eigenvalue weighted by atomic mass is 9.89. The second-order valence-corrected chi connectivity index (χ2v) is 6.66. The molecule has 1 saturated carbocycles. The minimum Gasteiger partial charge on any atom is -0.493 e. The number of methoxy groups -OCH3 is 1. The number of ether oxygens (including phenoxy) is 1. The van der Waals surface area contributed by atoms with Gasteiger partial charge in [-0.05, 0) is 45.7 Å². The number of aliphatic hydroxyl groups is 1. The first-order chi connectivity index (χ1) is 9.96. The van der Waals surface area contributed by atoms with Gasteiger partial charge < -0.3 is 14.7 Å². The summed E-state index contributed by atoms with van der Waals surface area (Å²) in [6.45, 7) is 3.93. The largest absolute Gasteiger partial charge is 0.493 e. The molecule has 5 heteroatoms. The number of nitrogens with zero attached hydrogens (tertiary/aromatic N) is 3. The van der Waals surface area contributed by atoms with E-state index in [2.05, 4.69) is 16.9 Å². The smallest absolute Gasteiger partial charge is 0.162 e. The molecule has 1 heterocycles. The third-order valence-corrected chi connectivity index (χ3v) is 4.56. The summed E-state index contributed by atoms with van der Waals surface area (Å²) in [5, 5.41) is 15.7. The van der Waals surface area contributed by atoms with Crippen LogP contribution in [0.2, 0.25) is 0 Å². The highest BCUT2D eigenvalue weighted by molar-refractivity contribution is 5.31. The van der Waals surface area contributed by atoms with Crippen LogP contribution in [0.25, 0.3) is 0 Å². The fraction of sp³-hybridized carbons (Fsp3) is 0.812. The van der Waals surface area contributed by atoms with Crippen LogP contribution in [0, 0.1) is 5.92 Å². The van der Waals surface area contributed by atoms with Gasteiger partial charge >= 0.3 is 0 Å². The Kier molecular flexibility index (Phi) is 5.27. The summed E-state index contributed by atoms with van der Waals surface area (Å²) in [7, 11) is 5.74. The van der Waals surface area contributed by atoms with Crippen molar-refractivity contribution >= 4 is 0 Å². The summed E-state index contributed by atoms with van der Waals surface area (Å²) in [6.07, 6.45) is 6.62. The minimum absolute atomic E-state index is 0.683. The predicted octanol–water partition coefficient (Wildman–Crippen LogP) is 2.24. The molecular weight excluding hydrogens is 266 g/mol. The average molecular weight is 295 g/mol. The van der Waals surface area contributed by atoms with E-state index in [1.54, 1.807) is 13.3 Å². The van der Waals surface area contributed by atoms with E-state index in [4.69, 9.17) is 4.74 Å². The number of hydrogen-bond acceptors (Lipinski definition) is 4. The summed E-state index contributed by atoms with van der Waals surface area (Å²) in [5.41, 5.74) is 0.0554. The molecule has 2 rings (SSSR count). The standard InChI is InChI=1S/C16H29N3O2/c1-13-6-5-8-16(20,9-7-13)15-14(21-4)12-17-19(15)11-10-18(2)3/h12-13,20H,5-11H2,1-4H3. The SMILES string of the molecule is COc1cnn(CCN(C)C)c1C1(O)CCCC(C)CC1. The Bertz CT molecular complexity index is 458. The normalized spacial score (nSPS) is 26.9. The topological polar surface area (TPSA) is 50.5 Å². The van der Waals surface area contributed by atoms with Crippen LogP contribution in [0.1, 0.15) is 44.7 Å². The van der Waals surface area contributed by atoms with Crippen molar-refractivity contribution in [1.29, 1.82) is 0 Å². The van der Waals surface area contributed by atoms with Crippen molar-refractivity contribution < 1.29 is 9.84 Å². The first-order valence-corrected chi connectivity index (χ1v) is 7.93. The maximum absolute atomic E-state index is 11.2. The van der Waals surface area contributed by atoms with Crippen molar-refractivity contribution in [1.82, 2.24) is 14.7 Å². The summed E-state index contributed by atoms with van der Waals surface area (Å²) < 4.78 is 7.39. The third kappa shape index (κ3) is 3.77. The maximum atomic E-state index is 11.2. The zero-order chi connectivity index (χ0) is 15.5. The first kappa shape index (κ1) is 16.3. The Balaban J connectivity index is 2.28. The number of rotatable bonds is 5. The van der Waals surface area contributed by atoms with Crippen LogP contribution in [0.4, 0.5) is 0 Å². The van der Waals surface area contributed by atoms with Gasteiger partial charge in [-0.1, -0.05) is 13.3 Å². The van der Waals surface area contributed by atoms with E-state index < -0.39 is 5.60 Å². The molecule has 0 aromatic carbocycles. The molecule has 1 aliphatic carbocycles. The Morgan fingerprint density at radius 2 is 2.19 bits per heavy atom. The van der Waals surface area contributed by atoms with Gasteiger partial charge in [0.15, 0.2) is 5.75 Å². The van der Waals surface area contributed by atoms with Crippen molar-refractivity contribution in [3.63, 3.8) is 0 Å². The van der Waals surface area contributed by atoms with Crippen LogP contribution in [0.3, 0.4) is 0 Å². The highest BCUT2D eigenvalue weighted by atomic mass is 16.5. The monoisotopic (exact) mass is 295 g/mol. The van der Waals surface area contributed by atoms with Gasteiger partial charge in [0, 0.05) is 6.54 Å². The van der Waals surface area contributed by atoms with Crippen LogP contribution in [-0.4, -0.2) is 47.5 Å². The highest BCUT2D eigenvalue weighted by Gasteiger charge is 2.37. The minimum atomic E-state index is -0.807. The van der Waals surface area contributed by atoms with Gasteiger partial charge in [0.25, 0.3) is 0 Å². The molecule has 1 aromatic heterocycles. The van der Waals surface area contributed by atoms with Gasteiger partial charge in [-0.15, -0.1) is 0 Å². The Labute approximate surface area is 127 Å². The molecule has 120 valence electrons. The van der Waals surface area contributed by atoms with Crippen molar-refractivity contribution in [3.8, 4) is 5.75 Å². The molecule has 0 amide bonds. The van der Waals surface area contributed by atoms with Crippen LogP contribution in [0.15, 0.2) is 6.20 Å². The number of aromatic nitrogens is 2. The molecule has 0 radical (unpaired) electrons. The molecule has 0 bridgehead atoms. The van der Waals surface area contributed by atoms with Crippen LogP contribution >= 0.6 is 0 Å². The Morgan fingerprint density at radius 1 is 1.43 bits per heavy atom. The lowest BCUT2D eigenvalue weighted by Gasteiger charge is -2.28. The van der Waals surface area contributed by atoms with Crippen molar-refractivity contribution in [2.45, 2.75) is 51.2 Å². The quantitative estimate of drug-likeness (QED) is 0.847. The summed E-state index contributed by atoms with van der Waals surface area (Å²) in [6, 6.07) is 0.